The highest BCUT2D eigenvalue weighted by molar-refractivity contribution is 5.41. The minimum absolute atomic E-state index is 0.193. The van der Waals surface area contributed by atoms with Crippen molar-refractivity contribution >= 4 is 11.8 Å². The van der Waals surface area contributed by atoms with Gasteiger partial charge in [0.2, 0.25) is 5.95 Å². The first kappa shape index (κ1) is 14.7. The highest BCUT2D eigenvalue weighted by atomic mass is 19.1. The van der Waals surface area contributed by atoms with Gasteiger partial charge in [-0.15, -0.1) is 0 Å². The zero-order valence-corrected chi connectivity index (χ0v) is 11.6. The summed E-state index contributed by atoms with van der Waals surface area (Å²) in [6, 6.07) is 0.193. The predicted molar refractivity (Wildman–Crippen MR) is 73.3 cm³/mol. The van der Waals surface area contributed by atoms with Crippen LogP contribution in [-0.4, -0.2) is 22.6 Å². The van der Waals surface area contributed by atoms with Crippen LogP contribution in [0.2, 0.25) is 0 Å². The molecular formula is C13H23FN4. The molecule has 102 valence electrons. The Balaban J connectivity index is 2.67. The lowest BCUT2D eigenvalue weighted by atomic mass is 10.0. The Morgan fingerprint density at radius 1 is 1.33 bits per heavy atom. The number of hydrogen-bond acceptors (Lipinski definition) is 4. The van der Waals surface area contributed by atoms with Crippen LogP contribution >= 0.6 is 0 Å². The fourth-order valence-electron chi connectivity index (χ4n) is 1.77. The van der Waals surface area contributed by atoms with Crippen LogP contribution in [-0.2, 0) is 0 Å². The molecule has 0 aliphatic carbocycles. The highest BCUT2D eigenvalue weighted by Crippen LogP contribution is 2.16. The summed E-state index contributed by atoms with van der Waals surface area (Å²) < 4.78 is 13.6. The second kappa shape index (κ2) is 7.13. The molecule has 2 N–H and O–H groups in total. The molecule has 5 heteroatoms. The molecule has 1 aromatic heterocycles. The van der Waals surface area contributed by atoms with Gasteiger partial charge in [0.25, 0.3) is 0 Å². The van der Waals surface area contributed by atoms with Gasteiger partial charge in [0.05, 0.1) is 6.20 Å². The third kappa shape index (κ3) is 4.47. The maximum Gasteiger partial charge on any atom is 0.224 e. The van der Waals surface area contributed by atoms with Gasteiger partial charge in [0, 0.05) is 12.6 Å². The van der Waals surface area contributed by atoms with E-state index in [0.717, 1.165) is 12.8 Å². The molecule has 4 nitrogen and oxygen atoms in total. The summed E-state index contributed by atoms with van der Waals surface area (Å²) in [7, 11) is 0. The van der Waals surface area contributed by atoms with Crippen LogP contribution < -0.4 is 10.6 Å². The van der Waals surface area contributed by atoms with Crippen LogP contribution in [0.1, 0.15) is 40.5 Å². The quantitative estimate of drug-likeness (QED) is 0.784. The molecule has 18 heavy (non-hydrogen) atoms. The third-order valence-corrected chi connectivity index (χ3v) is 2.91. The van der Waals surface area contributed by atoms with E-state index >= 15 is 0 Å². The lowest BCUT2D eigenvalue weighted by Crippen LogP contribution is -2.20. The van der Waals surface area contributed by atoms with Crippen LogP contribution in [0.15, 0.2) is 6.20 Å². The largest absolute Gasteiger partial charge is 0.365 e. The van der Waals surface area contributed by atoms with Crippen molar-refractivity contribution in [1.82, 2.24) is 9.97 Å². The number of hydrogen-bond donors (Lipinski definition) is 2. The van der Waals surface area contributed by atoms with Crippen molar-refractivity contribution in [3.05, 3.63) is 12.0 Å². The highest BCUT2D eigenvalue weighted by Gasteiger charge is 2.12. The summed E-state index contributed by atoms with van der Waals surface area (Å²) in [6.07, 6.45) is 3.32. The Morgan fingerprint density at radius 2 is 2.06 bits per heavy atom. The average molecular weight is 254 g/mol. The number of aromatic nitrogens is 2. The zero-order chi connectivity index (χ0) is 13.5. The Bertz CT molecular complexity index is 370. The van der Waals surface area contributed by atoms with Crippen LogP contribution in [0.3, 0.4) is 0 Å². The molecule has 1 aromatic rings. The third-order valence-electron chi connectivity index (χ3n) is 2.91. The Labute approximate surface area is 108 Å². The Kier molecular flexibility index (Phi) is 5.82. The van der Waals surface area contributed by atoms with Gasteiger partial charge in [-0.2, -0.15) is 4.98 Å². The summed E-state index contributed by atoms with van der Waals surface area (Å²) in [5, 5.41) is 6.08. The van der Waals surface area contributed by atoms with Crippen LogP contribution in [0.4, 0.5) is 16.2 Å². The van der Waals surface area contributed by atoms with Gasteiger partial charge in [-0.1, -0.05) is 20.3 Å². The van der Waals surface area contributed by atoms with Crippen molar-refractivity contribution in [3.8, 4) is 0 Å². The molecule has 0 saturated heterocycles. The van der Waals surface area contributed by atoms with Crippen LogP contribution in [0.25, 0.3) is 0 Å². The summed E-state index contributed by atoms with van der Waals surface area (Å²) in [4.78, 5) is 8.00. The van der Waals surface area contributed by atoms with E-state index in [9.17, 15) is 4.39 Å². The number of nitrogens with zero attached hydrogens (tertiary/aromatic N) is 2. The maximum atomic E-state index is 13.6. The van der Waals surface area contributed by atoms with Gasteiger partial charge < -0.3 is 10.6 Å². The van der Waals surface area contributed by atoms with Crippen LogP contribution in [0.5, 0.6) is 0 Å². The maximum absolute atomic E-state index is 13.6. The molecular weight excluding hydrogens is 231 g/mol. The van der Waals surface area contributed by atoms with E-state index in [1.54, 1.807) is 0 Å². The lowest BCUT2D eigenvalue weighted by Gasteiger charge is -2.18. The van der Waals surface area contributed by atoms with Crippen molar-refractivity contribution in [1.29, 1.82) is 0 Å². The predicted octanol–water partition coefficient (Wildman–Crippen LogP) is 3.28. The molecule has 0 aliphatic rings. The monoisotopic (exact) mass is 254 g/mol. The summed E-state index contributed by atoms with van der Waals surface area (Å²) in [5.74, 6) is 0.937. The standard InChI is InChI=1S/C13H23FN4/c1-5-9(3)7-10(4)17-12-11(14)8-16-13(18-12)15-6-2/h8-10H,5-7H2,1-4H3,(H2,15,16,17,18). The SMILES string of the molecule is CCNc1ncc(F)c(NC(C)CC(C)CC)n1. The van der Waals surface area contributed by atoms with Gasteiger partial charge in [0.15, 0.2) is 11.6 Å². The molecule has 0 radical (unpaired) electrons. The molecule has 1 heterocycles. The van der Waals surface area contributed by atoms with E-state index in [2.05, 4.69) is 34.4 Å². The first-order valence-electron chi connectivity index (χ1n) is 6.59. The summed E-state index contributed by atoms with van der Waals surface area (Å²) in [6.45, 7) is 9.06. The first-order valence-corrected chi connectivity index (χ1v) is 6.59. The molecule has 0 fully saturated rings. The molecule has 0 spiro atoms. The molecule has 2 atom stereocenters. The second-order valence-electron chi connectivity index (χ2n) is 4.71. The number of anilines is 2. The fraction of sp³-hybridized carbons (Fsp3) is 0.692. The molecule has 2 unspecified atom stereocenters. The first-order chi connectivity index (χ1) is 8.56. The smallest absolute Gasteiger partial charge is 0.224 e. The molecule has 0 aromatic carbocycles. The van der Waals surface area contributed by atoms with E-state index in [0.29, 0.717) is 18.4 Å². The van der Waals surface area contributed by atoms with Gasteiger partial charge in [-0.25, -0.2) is 9.37 Å². The minimum atomic E-state index is -0.410. The van der Waals surface area contributed by atoms with Gasteiger partial charge in [-0.05, 0) is 26.2 Å². The average Bonchev–Trinajstić information content (AvgIpc) is 2.33. The number of nitrogens with one attached hydrogen (secondary N) is 2. The minimum Gasteiger partial charge on any atom is -0.365 e. The van der Waals surface area contributed by atoms with Crippen molar-refractivity contribution in [2.75, 3.05) is 17.2 Å². The number of rotatable bonds is 7. The zero-order valence-electron chi connectivity index (χ0n) is 11.6. The molecule has 0 bridgehead atoms. The van der Waals surface area contributed by atoms with Gasteiger partial charge >= 0.3 is 0 Å². The summed E-state index contributed by atoms with van der Waals surface area (Å²) in [5.41, 5.74) is 0. The molecule has 1 rings (SSSR count). The Morgan fingerprint density at radius 3 is 2.67 bits per heavy atom. The topological polar surface area (TPSA) is 49.8 Å². The van der Waals surface area contributed by atoms with Crippen molar-refractivity contribution < 1.29 is 4.39 Å². The van der Waals surface area contributed by atoms with E-state index in [1.165, 1.54) is 6.20 Å². The van der Waals surface area contributed by atoms with Crippen molar-refractivity contribution in [3.63, 3.8) is 0 Å². The molecule has 0 saturated carbocycles. The molecule has 0 aliphatic heterocycles. The van der Waals surface area contributed by atoms with E-state index < -0.39 is 5.82 Å². The van der Waals surface area contributed by atoms with E-state index in [-0.39, 0.29) is 11.9 Å². The Hall–Kier alpha value is -1.39. The number of halogens is 1. The van der Waals surface area contributed by atoms with Crippen molar-refractivity contribution in [2.24, 2.45) is 5.92 Å². The van der Waals surface area contributed by atoms with Gasteiger partial charge in [-0.3, -0.25) is 0 Å². The van der Waals surface area contributed by atoms with Crippen molar-refractivity contribution in [2.45, 2.75) is 46.6 Å². The second-order valence-corrected chi connectivity index (χ2v) is 4.71. The van der Waals surface area contributed by atoms with Gasteiger partial charge in [0.1, 0.15) is 0 Å². The fourth-order valence-corrected chi connectivity index (χ4v) is 1.77. The van der Waals surface area contributed by atoms with E-state index in [1.807, 2.05) is 13.8 Å². The molecule has 0 amide bonds. The lowest BCUT2D eigenvalue weighted by molar-refractivity contribution is 0.481. The van der Waals surface area contributed by atoms with Crippen LogP contribution in [0, 0.1) is 11.7 Å². The van der Waals surface area contributed by atoms with E-state index in [4.69, 9.17) is 0 Å². The normalized spacial score (nSPS) is 14.1. The summed E-state index contributed by atoms with van der Waals surface area (Å²) >= 11 is 0.